The van der Waals surface area contributed by atoms with E-state index in [0.717, 1.165) is 0 Å². The highest BCUT2D eigenvalue weighted by Gasteiger charge is 2.49. The molecule has 0 bridgehead atoms. The smallest absolute Gasteiger partial charge is 0.334 e. The van der Waals surface area contributed by atoms with Crippen LogP contribution >= 0.6 is 0 Å². The van der Waals surface area contributed by atoms with E-state index >= 15 is 0 Å². The van der Waals surface area contributed by atoms with E-state index in [1.165, 1.54) is 6.92 Å². The van der Waals surface area contributed by atoms with E-state index in [-0.39, 0.29) is 12.2 Å². The van der Waals surface area contributed by atoms with Crippen LogP contribution in [-0.4, -0.2) is 59.6 Å². The fourth-order valence-corrected chi connectivity index (χ4v) is 3.56. The molecule has 0 aromatic rings. The number of rotatable bonds is 6. The van der Waals surface area contributed by atoms with Crippen LogP contribution in [0.2, 0.25) is 0 Å². The topological polar surface area (TPSA) is 119 Å². The lowest BCUT2D eigenvalue weighted by Crippen LogP contribution is -2.46. The Morgan fingerprint density at radius 3 is 2.57 bits per heavy atom. The number of allylic oxidation sites excluding steroid dienone is 1. The first-order valence-electron chi connectivity index (χ1n) is 10.1. The van der Waals surface area contributed by atoms with E-state index in [9.17, 15) is 24.6 Å². The minimum Gasteiger partial charge on any atom is -0.457 e. The molecule has 2 aliphatic rings. The van der Waals surface area contributed by atoms with E-state index in [4.69, 9.17) is 14.2 Å². The van der Waals surface area contributed by atoms with Gasteiger partial charge < -0.3 is 24.4 Å². The average Bonchev–Trinajstić information content (AvgIpc) is 2.99. The Balaban J connectivity index is 2.61. The van der Waals surface area contributed by atoms with Crippen LogP contribution in [0.4, 0.5) is 0 Å². The Hall–Kier alpha value is -2.45. The minimum atomic E-state index is -1.13. The molecule has 8 nitrogen and oxygen atoms in total. The van der Waals surface area contributed by atoms with Gasteiger partial charge in [0.1, 0.15) is 6.10 Å². The molecule has 3 unspecified atom stereocenters. The van der Waals surface area contributed by atoms with Gasteiger partial charge in [-0.3, -0.25) is 9.59 Å². The number of hydrogen-bond donors (Lipinski definition) is 2. The van der Waals surface area contributed by atoms with Crippen molar-refractivity contribution >= 4 is 17.9 Å². The zero-order valence-electron chi connectivity index (χ0n) is 17.6. The van der Waals surface area contributed by atoms with Gasteiger partial charge in [-0.25, -0.2) is 4.79 Å². The zero-order chi connectivity index (χ0) is 22.4. The lowest BCUT2D eigenvalue weighted by Gasteiger charge is -2.34. The summed E-state index contributed by atoms with van der Waals surface area (Å²) < 4.78 is 16.7. The molecule has 0 saturated carbocycles. The van der Waals surface area contributed by atoms with Crippen LogP contribution in [0.15, 0.2) is 35.5 Å². The molecule has 30 heavy (non-hydrogen) atoms. The Bertz CT molecular complexity index is 750. The summed E-state index contributed by atoms with van der Waals surface area (Å²) in [5, 5.41) is 19.6. The van der Waals surface area contributed by atoms with E-state index in [1.54, 1.807) is 19.1 Å². The summed E-state index contributed by atoms with van der Waals surface area (Å²) in [6.45, 7) is 7.89. The fraction of sp³-hybridized carbons (Fsp3) is 0.591. The normalized spacial score (nSPS) is 31.4. The molecule has 2 N–H and O–H groups in total. The van der Waals surface area contributed by atoms with Crippen molar-refractivity contribution in [2.45, 2.75) is 58.3 Å². The van der Waals surface area contributed by atoms with E-state index < -0.39 is 54.7 Å². The van der Waals surface area contributed by atoms with Crippen molar-refractivity contribution in [3.05, 3.63) is 35.5 Å². The van der Waals surface area contributed by atoms with Gasteiger partial charge in [0.25, 0.3) is 0 Å². The van der Waals surface area contributed by atoms with Gasteiger partial charge in [-0.05, 0) is 36.5 Å². The highest BCUT2D eigenvalue weighted by atomic mass is 16.6. The fourth-order valence-electron chi connectivity index (χ4n) is 3.56. The van der Waals surface area contributed by atoms with Gasteiger partial charge in [0, 0.05) is 12.5 Å². The van der Waals surface area contributed by atoms with Crippen LogP contribution in [0.5, 0.6) is 0 Å². The van der Waals surface area contributed by atoms with Crippen LogP contribution in [-0.2, 0) is 28.6 Å². The lowest BCUT2D eigenvalue weighted by molar-refractivity contribution is -0.171. The Morgan fingerprint density at radius 1 is 1.30 bits per heavy atom. The third-order valence-corrected chi connectivity index (χ3v) is 5.50. The van der Waals surface area contributed by atoms with Gasteiger partial charge in [0.15, 0.2) is 12.2 Å². The highest BCUT2D eigenvalue weighted by Crippen LogP contribution is 2.37. The summed E-state index contributed by atoms with van der Waals surface area (Å²) >= 11 is 0. The second-order valence-corrected chi connectivity index (χ2v) is 7.62. The second-order valence-electron chi connectivity index (χ2n) is 7.62. The molecule has 1 aliphatic carbocycles. The summed E-state index contributed by atoms with van der Waals surface area (Å²) in [6, 6.07) is 0. The summed E-state index contributed by atoms with van der Waals surface area (Å²) in [4.78, 5) is 36.8. The van der Waals surface area contributed by atoms with Crippen LogP contribution in [0.3, 0.4) is 0 Å². The molecule has 1 heterocycles. The maximum absolute atomic E-state index is 12.7. The third-order valence-electron chi connectivity index (χ3n) is 5.50. The van der Waals surface area contributed by atoms with Gasteiger partial charge in [0.2, 0.25) is 0 Å². The van der Waals surface area contributed by atoms with Crippen LogP contribution in [0, 0.1) is 11.8 Å². The first kappa shape index (κ1) is 23.8. The van der Waals surface area contributed by atoms with Gasteiger partial charge >= 0.3 is 17.9 Å². The molecule has 0 amide bonds. The van der Waals surface area contributed by atoms with Crippen molar-refractivity contribution < 1.29 is 38.8 Å². The quantitative estimate of drug-likeness (QED) is 0.287. The molecule has 1 saturated heterocycles. The summed E-state index contributed by atoms with van der Waals surface area (Å²) in [5.41, 5.74) is 1.06. The highest BCUT2D eigenvalue weighted by molar-refractivity contribution is 5.91. The first-order valence-corrected chi connectivity index (χ1v) is 10.1. The van der Waals surface area contributed by atoms with Crippen LogP contribution in [0.25, 0.3) is 0 Å². The number of hydrogen-bond acceptors (Lipinski definition) is 8. The minimum absolute atomic E-state index is 0.0745. The van der Waals surface area contributed by atoms with Crippen molar-refractivity contribution in [3.8, 4) is 0 Å². The molecular formula is C22H30O8. The molecule has 0 aromatic carbocycles. The number of fused-ring (bicyclic) bond motifs is 1. The standard InChI is InChI=1S/C22H30O8/c1-5-12(2)21(26)30-20-18-13(3)22(27)29-17(18)9-15(10-23)7-6-8-16(11-24)19(20)28-14(4)25/h8-9,12,17-20,23-24H,3,5-7,10-11H2,1-2,4H3/b15-9+,16-8-/t12?,17-,18?,19+,20?/m1/s1. The molecule has 2 rings (SSSR count). The second kappa shape index (κ2) is 10.5. The molecule has 166 valence electrons. The van der Waals surface area contributed by atoms with Crippen LogP contribution < -0.4 is 0 Å². The number of aliphatic hydroxyl groups excluding tert-OH is 2. The number of carbonyl (C=O) groups excluding carboxylic acids is 3. The van der Waals surface area contributed by atoms with Crippen molar-refractivity contribution in [1.82, 2.24) is 0 Å². The van der Waals surface area contributed by atoms with Crippen molar-refractivity contribution in [2.24, 2.45) is 11.8 Å². The molecule has 0 radical (unpaired) electrons. The maximum atomic E-state index is 12.7. The average molecular weight is 422 g/mol. The number of esters is 3. The maximum Gasteiger partial charge on any atom is 0.334 e. The molecule has 8 heteroatoms. The molecule has 1 aliphatic heterocycles. The van der Waals surface area contributed by atoms with E-state index in [0.29, 0.717) is 30.4 Å². The monoisotopic (exact) mass is 422 g/mol. The number of aliphatic hydroxyl groups is 2. The molecule has 1 fully saturated rings. The largest absolute Gasteiger partial charge is 0.457 e. The Kier molecular flexibility index (Phi) is 8.37. The SMILES string of the molecule is C=C1C(=O)O[C@@H]2/C=C(/CO)CC/C=C(/CO)[C@H](OC(C)=O)C(OC(=O)C(C)CC)C12. The predicted octanol–water partition coefficient (Wildman–Crippen LogP) is 1.60. The molecule has 0 spiro atoms. The number of ether oxygens (including phenoxy) is 3. The Morgan fingerprint density at radius 2 is 2.00 bits per heavy atom. The molecular weight excluding hydrogens is 392 g/mol. The predicted molar refractivity (Wildman–Crippen MR) is 107 cm³/mol. The van der Waals surface area contributed by atoms with Gasteiger partial charge in [-0.2, -0.15) is 0 Å². The first-order chi connectivity index (χ1) is 14.2. The molecule has 5 atom stereocenters. The summed E-state index contributed by atoms with van der Waals surface area (Å²) in [6.07, 6.45) is 1.67. The number of carbonyl (C=O) groups is 3. The van der Waals surface area contributed by atoms with Gasteiger partial charge in [0.05, 0.1) is 25.0 Å². The van der Waals surface area contributed by atoms with E-state index in [2.05, 4.69) is 6.58 Å². The summed E-state index contributed by atoms with van der Waals surface area (Å²) in [5.74, 6) is -3.07. The van der Waals surface area contributed by atoms with Gasteiger partial charge in [-0.15, -0.1) is 0 Å². The van der Waals surface area contributed by atoms with Crippen molar-refractivity contribution in [1.29, 1.82) is 0 Å². The lowest BCUT2D eigenvalue weighted by atomic mass is 9.83. The van der Waals surface area contributed by atoms with Gasteiger partial charge in [-0.1, -0.05) is 26.5 Å². The van der Waals surface area contributed by atoms with Crippen molar-refractivity contribution in [3.63, 3.8) is 0 Å². The third kappa shape index (κ3) is 5.37. The zero-order valence-corrected chi connectivity index (χ0v) is 17.6. The van der Waals surface area contributed by atoms with E-state index in [1.807, 2.05) is 6.92 Å². The van der Waals surface area contributed by atoms with Crippen molar-refractivity contribution in [2.75, 3.05) is 13.2 Å². The molecule has 0 aromatic heterocycles. The van der Waals surface area contributed by atoms with Crippen LogP contribution in [0.1, 0.15) is 40.0 Å². The Labute approximate surface area is 176 Å². The summed E-state index contributed by atoms with van der Waals surface area (Å²) in [7, 11) is 0.